The van der Waals surface area contributed by atoms with Crippen LogP contribution in [0.1, 0.15) is 25.3 Å². The molecule has 0 radical (unpaired) electrons. The molecule has 0 fully saturated rings. The van der Waals surface area contributed by atoms with Gasteiger partial charge in [-0.3, -0.25) is 0 Å². The molecule has 1 rings (SSSR count). The van der Waals surface area contributed by atoms with Gasteiger partial charge in [0.1, 0.15) is 0 Å². The first kappa shape index (κ1) is 13.7. The topological polar surface area (TPSA) is 56.0 Å². The highest BCUT2D eigenvalue weighted by Crippen LogP contribution is 2.15. The van der Waals surface area contributed by atoms with Crippen molar-refractivity contribution in [3.05, 3.63) is 35.9 Å². The van der Waals surface area contributed by atoms with Crippen LogP contribution < -0.4 is 5.32 Å². The van der Waals surface area contributed by atoms with Gasteiger partial charge in [-0.2, -0.15) is 5.26 Å². The van der Waals surface area contributed by atoms with E-state index in [0.717, 1.165) is 5.56 Å². The second kappa shape index (κ2) is 6.39. The van der Waals surface area contributed by atoms with Crippen LogP contribution in [0.15, 0.2) is 30.3 Å². The summed E-state index contributed by atoms with van der Waals surface area (Å²) in [6.45, 7) is 5.44. The van der Waals surface area contributed by atoms with Crippen LogP contribution in [0.5, 0.6) is 0 Å². The lowest BCUT2D eigenvalue weighted by Crippen LogP contribution is -2.34. The Morgan fingerprint density at radius 1 is 1.35 bits per heavy atom. The summed E-state index contributed by atoms with van der Waals surface area (Å²) in [4.78, 5) is 0. The predicted molar refractivity (Wildman–Crippen MR) is 68.5 cm³/mol. The normalized spacial score (nSPS) is 13.1. The average Bonchev–Trinajstić information content (AvgIpc) is 2.36. The molecule has 1 atom stereocenters. The van der Waals surface area contributed by atoms with Gasteiger partial charge >= 0.3 is 0 Å². The Kier molecular flexibility index (Phi) is 5.14. The number of nitrogens with one attached hydrogen (secondary N) is 1. The third kappa shape index (κ3) is 4.56. The second-order valence-corrected chi connectivity index (χ2v) is 5.05. The van der Waals surface area contributed by atoms with E-state index in [4.69, 9.17) is 10.4 Å². The zero-order valence-corrected chi connectivity index (χ0v) is 10.5. The number of hydrogen-bond donors (Lipinski definition) is 2. The van der Waals surface area contributed by atoms with Crippen LogP contribution in [0.25, 0.3) is 0 Å². The van der Waals surface area contributed by atoms with Gasteiger partial charge < -0.3 is 10.4 Å². The maximum Gasteiger partial charge on any atom is 0.0837 e. The third-order valence-corrected chi connectivity index (χ3v) is 2.74. The molecular formula is C14H20N2O. The fraction of sp³-hybridized carbons (Fsp3) is 0.500. The molecule has 2 N–H and O–H groups in total. The number of nitriles is 1. The molecule has 0 amide bonds. The zero-order valence-electron chi connectivity index (χ0n) is 10.5. The molecular weight excluding hydrogens is 212 g/mol. The molecule has 17 heavy (non-hydrogen) atoms. The minimum Gasteiger partial charge on any atom is -0.396 e. The average molecular weight is 232 g/mol. The fourth-order valence-corrected chi connectivity index (χ4v) is 1.53. The molecule has 0 aliphatic carbocycles. The molecule has 1 aromatic rings. The van der Waals surface area contributed by atoms with Crippen molar-refractivity contribution in [2.24, 2.45) is 5.41 Å². The first-order chi connectivity index (χ1) is 8.09. The van der Waals surface area contributed by atoms with E-state index in [-0.39, 0.29) is 17.9 Å². The number of aliphatic hydroxyl groups excluding tert-OH is 1. The van der Waals surface area contributed by atoms with Gasteiger partial charge in [-0.15, -0.1) is 0 Å². The SMILES string of the molecule is CC(C)(CO)CNCC(C#N)c1ccccc1. The van der Waals surface area contributed by atoms with Crippen LogP contribution in [0, 0.1) is 16.7 Å². The Labute approximate surface area is 103 Å². The standard InChI is InChI=1S/C14H20N2O/c1-14(2,11-17)10-16-9-13(8-15)12-6-4-3-5-7-12/h3-7,13,16-17H,9-11H2,1-2H3. The number of nitrogens with zero attached hydrogens (tertiary/aromatic N) is 1. The molecule has 0 aromatic heterocycles. The van der Waals surface area contributed by atoms with E-state index in [1.807, 2.05) is 44.2 Å². The van der Waals surface area contributed by atoms with E-state index in [2.05, 4.69) is 11.4 Å². The summed E-state index contributed by atoms with van der Waals surface area (Å²) in [6.07, 6.45) is 0. The Morgan fingerprint density at radius 3 is 2.53 bits per heavy atom. The Bertz CT molecular complexity index is 368. The lowest BCUT2D eigenvalue weighted by Gasteiger charge is -2.22. The van der Waals surface area contributed by atoms with Crippen LogP contribution in [-0.2, 0) is 0 Å². The highest BCUT2D eigenvalue weighted by atomic mass is 16.3. The van der Waals surface area contributed by atoms with Gasteiger partial charge in [0.2, 0.25) is 0 Å². The molecule has 3 heteroatoms. The van der Waals surface area contributed by atoms with Crippen molar-refractivity contribution in [3.63, 3.8) is 0 Å². The molecule has 0 spiro atoms. The summed E-state index contributed by atoms with van der Waals surface area (Å²) < 4.78 is 0. The van der Waals surface area contributed by atoms with Gasteiger partial charge in [0.15, 0.2) is 0 Å². The van der Waals surface area contributed by atoms with Crippen molar-refractivity contribution in [2.45, 2.75) is 19.8 Å². The number of rotatable bonds is 6. The quantitative estimate of drug-likeness (QED) is 0.787. The molecule has 0 bridgehead atoms. The van der Waals surface area contributed by atoms with E-state index in [1.54, 1.807) is 0 Å². The Hall–Kier alpha value is -1.37. The van der Waals surface area contributed by atoms with E-state index in [9.17, 15) is 0 Å². The molecule has 92 valence electrons. The summed E-state index contributed by atoms with van der Waals surface area (Å²) in [5.74, 6) is -0.134. The van der Waals surface area contributed by atoms with Crippen LogP contribution >= 0.6 is 0 Å². The minimum atomic E-state index is -0.142. The van der Waals surface area contributed by atoms with E-state index in [1.165, 1.54) is 0 Å². The van der Waals surface area contributed by atoms with Gasteiger partial charge in [-0.1, -0.05) is 44.2 Å². The van der Waals surface area contributed by atoms with Gasteiger partial charge in [0.05, 0.1) is 12.0 Å². The molecule has 0 aliphatic rings. The molecule has 0 heterocycles. The van der Waals surface area contributed by atoms with E-state index in [0.29, 0.717) is 13.1 Å². The van der Waals surface area contributed by atoms with E-state index >= 15 is 0 Å². The van der Waals surface area contributed by atoms with Gasteiger partial charge in [-0.25, -0.2) is 0 Å². The van der Waals surface area contributed by atoms with Gasteiger partial charge in [0.25, 0.3) is 0 Å². The van der Waals surface area contributed by atoms with Crippen molar-refractivity contribution in [1.82, 2.24) is 5.32 Å². The van der Waals surface area contributed by atoms with Crippen LogP contribution in [-0.4, -0.2) is 24.8 Å². The lowest BCUT2D eigenvalue weighted by atomic mass is 9.94. The summed E-state index contributed by atoms with van der Waals surface area (Å²) in [7, 11) is 0. The first-order valence-corrected chi connectivity index (χ1v) is 5.85. The predicted octanol–water partition coefficient (Wildman–Crippen LogP) is 1.90. The molecule has 0 saturated carbocycles. The first-order valence-electron chi connectivity index (χ1n) is 5.85. The zero-order chi connectivity index (χ0) is 12.7. The number of aliphatic hydroxyl groups is 1. The Balaban J connectivity index is 2.48. The fourth-order valence-electron chi connectivity index (χ4n) is 1.53. The summed E-state index contributed by atoms with van der Waals surface area (Å²) in [5, 5.41) is 21.5. The smallest absolute Gasteiger partial charge is 0.0837 e. The van der Waals surface area contributed by atoms with Crippen molar-refractivity contribution in [2.75, 3.05) is 19.7 Å². The molecule has 1 unspecified atom stereocenters. The monoisotopic (exact) mass is 232 g/mol. The van der Waals surface area contributed by atoms with Crippen LogP contribution in [0.3, 0.4) is 0 Å². The van der Waals surface area contributed by atoms with Crippen LogP contribution in [0.4, 0.5) is 0 Å². The summed E-state index contributed by atoms with van der Waals surface area (Å²) in [5.41, 5.74) is 0.890. The Morgan fingerprint density at radius 2 is 2.00 bits per heavy atom. The third-order valence-electron chi connectivity index (χ3n) is 2.74. The van der Waals surface area contributed by atoms with Crippen molar-refractivity contribution in [1.29, 1.82) is 5.26 Å². The lowest BCUT2D eigenvalue weighted by molar-refractivity contribution is 0.157. The maximum absolute atomic E-state index is 9.13. The van der Waals surface area contributed by atoms with Gasteiger partial charge in [-0.05, 0) is 5.56 Å². The van der Waals surface area contributed by atoms with Crippen LogP contribution in [0.2, 0.25) is 0 Å². The second-order valence-electron chi connectivity index (χ2n) is 5.05. The number of hydrogen-bond acceptors (Lipinski definition) is 3. The molecule has 0 aliphatic heterocycles. The van der Waals surface area contributed by atoms with Crippen molar-refractivity contribution < 1.29 is 5.11 Å². The number of benzene rings is 1. The molecule has 1 aromatic carbocycles. The summed E-state index contributed by atoms with van der Waals surface area (Å²) >= 11 is 0. The highest BCUT2D eigenvalue weighted by Gasteiger charge is 2.17. The summed E-state index contributed by atoms with van der Waals surface area (Å²) in [6, 6.07) is 12.1. The molecule has 0 saturated heterocycles. The largest absolute Gasteiger partial charge is 0.396 e. The highest BCUT2D eigenvalue weighted by molar-refractivity contribution is 5.24. The van der Waals surface area contributed by atoms with E-state index < -0.39 is 0 Å². The van der Waals surface area contributed by atoms with Gasteiger partial charge in [0, 0.05) is 25.1 Å². The van der Waals surface area contributed by atoms with Crippen molar-refractivity contribution >= 4 is 0 Å². The minimum absolute atomic E-state index is 0.134. The molecule has 3 nitrogen and oxygen atoms in total. The van der Waals surface area contributed by atoms with Crippen molar-refractivity contribution in [3.8, 4) is 6.07 Å². The maximum atomic E-state index is 9.13.